The van der Waals surface area contributed by atoms with Gasteiger partial charge in [-0.15, -0.1) is 11.3 Å². The molecular formula is C46H30N2S. The maximum Gasteiger partial charge on any atom is 0.0548 e. The van der Waals surface area contributed by atoms with Crippen molar-refractivity contribution in [2.24, 2.45) is 0 Å². The van der Waals surface area contributed by atoms with Crippen LogP contribution in [0.4, 0.5) is 17.1 Å². The predicted molar refractivity (Wildman–Crippen MR) is 211 cm³/mol. The molecule has 3 heteroatoms. The number of fused-ring (bicyclic) bond motifs is 8. The van der Waals surface area contributed by atoms with E-state index in [2.05, 4.69) is 191 Å². The summed E-state index contributed by atoms with van der Waals surface area (Å²) in [5.41, 5.74) is 9.37. The highest BCUT2D eigenvalue weighted by Gasteiger charge is 2.17. The van der Waals surface area contributed by atoms with E-state index in [9.17, 15) is 0 Å². The monoisotopic (exact) mass is 642 g/mol. The van der Waals surface area contributed by atoms with Crippen LogP contribution in [0.25, 0.3) is 69.6 Å². The first-order valence-corrected chi connectivity index (χ1v) is 17.5. The van der Waals surface area contributed by atoms with Gasteiger partial charge in [0.25, 0.3) is 0 Å². The third-order valence-electron chi connectivity index (χ3n) is 9.75. The summed E-state index contributed by atoms with van der Waals surface area (Å²) in [4.78, 5) is 2.31. The van der Waals surface area contributed by atoms with Crippen molar-refractivity contribution < 1.29 is 0 Å². The summed E-state index contributed by atoms with van der Waals surface area (Å²) >= 11 is 1.89. The van der Waals surface area contributed by atoms with Gasteiger partial charge in [0.2, 0.25) is 0 Å². The Balaban J connectivity index is 1.11. The van der Waals surface area contributed by atoms with Gasteiger partial charge in [-0.2, -0.15) is 0 Å². The molecule has 0 saturated heterocycles. The number of para-hydroxylation sites is 3. The van der Waals surface area contributed by atoms with Gasteiger partial charge in [-0.3, -0.25) is 0 Å². The predicted octanol–water partition coefficient (Wildman–Crippen LogP) is 13.4. The van der Waals surface area contributed by atoms with Crippen LogP contribution in [0.2, 0.25) is 0 Å². The highest BCUT2D eigenvalue weighted by Crippen LogP contribution is 2.43. The minimum atomic E-state index is 1.13. The number of nitrogens with zero attached hydrogens (tertiary/aromatic N) is 2. The minimum absolute atomic E-state index is 1.13. The summed E-state index contributed by atoms with van der Waals surface area (Å²) < 4.78 is 5.10. The van der Waals surface area contributed by atoms with Crippen molar-refractivity contribution in [2.75, 3.05) is 4.90 Å². The molecule has 0 saturated carbocycles. The van der Waals surface area contributed by atoms with Crippen LogP contribution in [-0.4, -0.2) is 4.57 Å². The summed E-state index contributed by atoms with van der Waals surface area (Å²) in [6.07, 6.45) is 0. The molecule has 0 bridgehead atoms. The molecule has 0 aliphatic carbocycles. The average molecular weight is 643 g/mol. The van der Waals surface area contributed by atoms with Crippen molar-refractivity contribution in [1.29, 1.82) is 0 Å². The molecule has 2 nitrogen and oxygen atoms in total. The van der Waals surface area contributed by atoms with Crippen LogP contribution >= 0.6 is 11.3 Å². The molecule has 0 atom stereocenters. The van der Waals surface area contributed by atoms with Crippen LogP contribution in [0.1, 0.15) is 0 Å². The van der Waals surface area contributed by atoms with Gasteiger partial charge in [-0.1, -0.05) is 109 Å². The molecule has 0 spiro atoms. The molecular weight excluding hydrogens is 613 g/mol. The van der Waals surface area contributed by atoms with Crippen molar-refractivity contribution in [3.05, 3.63) is 182 Å². The first-order valence-electron chi connectivity index (χ1n) is 16.7. The number of hydrogen-bond donors (Lipinski definition) is 0. The Bertz CT molecular complexity index is 2770. The fourth-order valence-electron chi connectivity index (χ4n) is 7.51. The Morgan fingerprint density at radius 2 is 1.06 bits per heavy atom. The summed E-state index contributed by atoms with van der Waals surface area (Å²) in [6, 6.07) is 66.0. The first kappa shape index (κ1) is 27.9. The van der Waals surface area contributed by atoms with Crippen molar-refractivity contribution in [3.8, 4) is 16.8 Å². The van der Waals surface area contributed by atoms with E-state index in [0.717, 1.165) is 22.7 Å². The van der Waals surface area contributed by atoms with Gasteiger partial charge in [-0.25, -0.2) is 0 Å². The molecule has 10 rings (SSSR count). The van der Waals surface area contributed by atoms with Crippen LogP contribution in [0.15, 0.2) is 182 Å². The first-order chi connectivity index (χ1) is 24.3. The minimum Gasteiger partial charge on any atom is -0.310 e. The maximum atomic E-state index is 2.44. The lowest BCUT2D eigenvalue weighted by molar-refractivity contribution is 1.18. The fourth-order valence-corrected chi connectivity index (χ4v) is 8.66. The molecule has 2 aromatic heterocycles. The normalized spacial score (nSPS) is 11.7. The highest BCUT2D eigenvalue weighted by molar-refractivity contribution is 7.26. The number of rotatable bonds is 5. The van der Waals surface area contributed by atoms with E-state index in [0.29, 0.717) is 0 Å². The standard InChI is InChI=1S/C46H30N2S/c1-3-14-34(15-4-1)47(35-16-5-2-6-17-35)37-18-11-13-33(28-37)31-22-25-36(26-23-31)48-42-21-10-9-20-39(42)40-30-45-41(29-43(40)48)46-38-19-8-7-12-32(38)24-27-44(46)49-45/h1-30H. The van der Waals surface area contributed by atoms with E-state index in [4.69, 9.17) is 0 Å². The molecule has 49 heavy (non-hydrogen) atoms. The molecule has 0 fully saturated rings. The van der Waals surface area contributed by atoms with E-state index < -0.39 is 0 Å². The summed E-state index contributed by atoms with van der Waals surface area (Å²) in [5, 5.41) is 7.84. The van der Waals surface area contributed by atoms with E-state index in [1.807, 2.05) is 11.3 Å². The lowest BCUT2D eigenvalue weighted by Crippen LogP contribution is -2.09. The Morgan fingerprint density at radius 1 is 0.388 bits per heavy atom. The van der Waals surface area contributed by atoms with Crippen molar-refractivity contribution in [1.82, 2.24) is 4.57 Å². The Kier molecular flexibility index (Phi) is 6.39. The fraction of sp³-hybridized carbons (Fsp3) is 0. The number of anilines is 3. The quantitative estimate of drug-likeness (QED) is 0.181. The van der Waals surface area contributed by atoms with Gasteiger partial charge < -0.3 is 9.47 Å². The van der Waals surface area contributed by atoms with E-state index in [1.54, 1.807) is 0 Å². The van der Waals surface area contributed by atoms with Crippen LogP contribution in [0.5, 0.6) is 0 Å². The molecule has 8 aromatic carbocycles. The van der Waals surface area contributed by atoms with Crippen LogP contribution in [-0.2, 0) is 0 Å². The van der Waals surface area contributed by atoms with Gasteiger partial charge in [-0.05, 0) is 94.7 Å². The average Bonchev–Trinajstić information content (AvgIpc) is 3.70. The molecule has 0 aliphatic rings. The summed E-state index contributed by atoms with van der Waals surface area (Å²) in [5.74, 6) is 0. The largest absolute Gasteiger partial charge is 0.310 e. The molecule has 0 N–H and O–H groups in total. The zero-order valence-electron chi connectivity index (χ0n) is 26.6. The van der Waals surface area contributed by atoms with E-state index >= 15 is 0 Å². The number of aromatic nitrogens is 1. The molecule has 230 valence electrons. The van der Waals surface area contributed by atoms with E-state index in [-0.39, 0.29) is 0 Å². The Hall–Kier alpha value is -6.16. The molecule has 10 aromatic rings. The zero-order valence-corrected chi connectivity index (χ0v) is 27.4. The molecule has 0 amide bonds. The molecule has 0 radical (unpaired) electrons. The van der Waals surface area contributed by atoms with Gasteiger partial charge in [0.1, 0.15) is 0 Å². The lowest BCUT2D eigenvalue weighted by Gasteiger charge is -2.26. The lowest BCUT2D eigenvalue weighted by atomic mass is 10.0. The molecule has 2 heterocycles. The van der Waals surface area contributed by atoms with Gasteiger partial charge in [0.15, 0.2) is 0 Å². The third kappa shape index (κ3) is 4.55. The van der Waals surface area contributed by atoms with Crippen molar-refractivity contribution in [3.63, 3.8) is 0 Å². The second kappa shape index (κ2) is 11.2. The second-order valence-corrected chi connectivity index (χ2v) is 13.7. The summed E-state index contributed by atoms with van der Waals surface area (Å²) in [6.45, 7) is 0. The molecule has 0 aliphatic heterocycles. The third-order valence-corrected chi connectivity index (χ3v) is 10.9. The maximum absolute atomic E-state index is 2.44. The smallest absolute Gasteiger partial charge is 0.0548 e. The Labute approximate surface area is 288 Å². The second-order valence-electron chi connectivity index (χ2n) is 12.6. The number of hydrogen-bond acceptors (Lipinski definition) is 2. The molecule has 0 unspecified atom stereocenters. The van der Waals surface area contributed by atoms with Gasteiger partial charge >= 0.3 is 0 Å². The van der Waals surface area contributed by atoms with Crippen LogP contribution < -0.4 is 4.90 Å². The van der Waals surface area contributed by atoms with Gasteiger partial charge in [0, 0.05) is 53.7 Å². The topological polar surface area (TPSA) is 8.17 Å². The number of thiophene rings is 1. The summed E-state index contributed by atoms with van der Waals surface area (Å²) in [7, 11) is 0. The van der Waals surface area contributed by atoms with Crippen LogP contribution in [0.3, 0.4) is 0 Å². The highest BCUT2D eigenvalue weighted by atomic mass is 32.1. The number of benzene rings is 8. The van der Waals surface area contributed by atoms with Crippen molar-refractivity contribution >= 4 is 81.1 Å². The zero-order chi connectivity index (χ0) is 32.3. The van der Waals surface area contributed by atoms with E-state index in [1.165, 1.54) is 63.9 Å². The SMILES string of the molecule is c1ccc(N(c2ccccc2)c2cccc(-c3ccc(-n4c5ccccc5c5cc6sc7ccc8ccccc8c7c6cc54)cc3)c2)cc1. The van der Waals surface area contributed by atoms with Gasteiger partial charge in [0.05, 0.1) is 11.0 Å². The van der Waals surface area contributed by atoms with Crippen molar-refractivity contribution in [2.45, 2.75) is 0 Å². The van der Waals surface area contributed by atoms with Crippen LogP contribution in [0, 0.1) is 0 Å². The Morgan fingerprint density at radius 3 is 1.84 bits per heavy atom.